The van der Waals surface area contributed by atoms with E-state index in [2.05, 4.69) is 86.7 Å². The van der Waals surface area contributed by atoms with Crippen molar-refractivity contribution in [2.75, 3.05) is 0 Å². The Bertz CT molecular complexity index is 555. The molecule has 20 heavy (non-hydrogen) atoms. The van der Waals surface area contributed by atoms with Crippen LogP contribution in [-0.2, 0) is 0 Å². The molecular formula is C20H20. The third kappa shape index (κ3) is 2.75. The molecule has 0 atom stereocenters. The van der Waals surface area contributed by atoms with Gasteiger partial charge in [-0.1, -0.05) is 84.0 Å². The van der Waals surface area contributed by atoms with E-state index in [0.717, 1.165) is 0 Å². The van der Waals surface area contributed by atoms with Crippen molar-refractivity contribution in [3.63, 3.8) is 0 Å². The molecule has 1 aliphatic rings. The van der Waals surface area contributed by atoms with Crippen LogP contribution in [0.15, 0.2) is 72.8 Å². The lowest BCUT2D eigenvalue weighted by Crippen LogP contribution is -2.00. The van der Waals surface area contributed by atoms with Crippen molar-refractivity contribution < 1.29 is 0 Å². The highest BCUT2D eigenvalue weighted by Crippen LogP contribution is 2.29. The normalized spacial score (nSPS) is 21.1. The Morgan fingerprint density at radius 2 is 0.800 bits per heavy atom. The van der Waals surface area contributed by atoms with Gasteiger partial charge in [0.2, 0.25) is 0 Å². The fraction of sp³-hybridized carbons (Fsp3) is 0.200. The van der Waals surface area contributed by atoms with E-state index in [1.165, 1.54) is 22.3 Å². The van der Waals surface area contributed by atoms with Gasteiger partial charge in [0.1, 0.15) is 0 Å². The fourth-order valence-corrected chi connectivity index (χ4v) is 2.63. The molecule has 0 spiro atoms. The van der Waals surface area contributed by atoms with Crippen LogP contribution in [0.5, 0.6) is 0 Å². The molecule has 2 aromatic carbocycles. The highest BCUT2D eigenvalue weighted by molar-refractivity contribution is 5.39. The zero-order chi connectivity index (χ0) is 13.9. The van der Waals surface area contributed by atoms with Crippen LogP contribution in [0.1, 0.15) is 34.1 Å². The number of hydrogen-bond acceptors (Lipinski definition) is 0. The summed E-state index contributed by atoms with van der Waals surface area (Å²) in [7, 11) is 0. The van der Waals surface area contributed by atoms with Gasteiger partial charge in [-0.05, 0) is 25.0 Å². The first-order valence-corrected chi connectivity index (χ1v) is 7.22. The second-order valence-corrected chi connectivity index (χ2v) is 5.64. The topological polar surface area (TPSA) is 0 Å². The zero-order valence-electron chi connectivity index (χ0n) is 12.1. The minimum Gasteiger partial charge on any atom is -0.0763 e. The molecule has 0 nitrogen and oxygen atoms in total. The van der Waals surface area contributed by atoms with Crippen molar-refractivity contribution in [1.82, 2.24) is 0 Å². The Labute approximate surface area is 121 Å². The summed E-state index contributed by atoms with van der Waals surface area (Å²) in [6, 6.07) is 17.6. The van der Waals surface area contributed by atoms with Crippen LogP contribution in [0.25, 0.3) is 0 Å². The first-order chi connectivity index (χ1) is 9.72. The molecule has 0 radical (unpaired) electrons. The van der Waals surface area contributed by atoms with E-state index >= 15 is 0 Å². The molecule has 0 aliphatic heterocycles. The van der Waals surface area contributed by atoms with E-state index in [1.807, 2.05) is 0 Å². The average Bonchev–Trinajstić information content (AvgIpc) is 2.49. The molecule has 100 valence electrons. The first kappa shape index (κ1) is 12.9. The Hall–Kier alpha value is -2.08. The van der Waals surface area contributed by atoms with Gasteiger partial charge in [0.15, 0.2) is 0 Å². The van der Waals surface area contributed by atoms with Gasteiger partial charge in [-0.3, -0.25) is 0 Å². The van der Waals surface area contributed by atoms with Gasteiger partial charge in [-0.25, -0.2) is 0 Å². The summed E-state index contributed by atoms with van der Waals surface area (Å²) in [6.07, 6.45) is 9.26. The highest BCUT2D eigenvalue weighted by atomic mass is 14.2. The predicted octanol–water partition coefficient (Wildman–Crippen LogP) is 5.30. The largest absolute Gasteiger partial charge is 0.0763 e. The molecule has 0 amide bonds. The van der Waals surface area contributed by atoms with Gasteiger partial charge in [-0.15, -0.1) is 0 Å². The Morgan fingerprint density at radius 3 is 1.10 bits per heavy atom. The minimum absolute atomic E-state index is 0.414. The van der Waals surface area contributed by atoms with Crippen molar-refractivity contribution in [1.29, 1.82) is 0 Å². The van der Waals surface area contributed by atoms with Gasteiger partial charge in [0.25, 0.3) is 0 Å². The van der Waals surface area contributed by atoms with E-state index in [1.54, 1.807) is 0 Å². The highest BCUT2D eigenvalue weighted by Gasteiger charge is 2.12. The summed E-state index contributed by atoms with van der Waals surface area (Å²) in [6.45, 7) is 4.26. The number of hydrogen-bond donors (Lipinski definition) is 0. The molecule has 0 bridgehead atoms. The summed E-state index contributed by atoms with van der Waals surface area (Å²) < 4.78 is 0. The summed E-state index contributed by atoms with van der Waals surface area (Å²) in [5.74, 6) is 0.828. The fourth-order valence-electron chi connectivity index (χ4n) is 2.63. The SMILES string of the molecule is Cc1ccc(C2C=CC(c3ccc(C)cc3)C=C2)cc1. The Balaban J connectivity index is 1.77. The van der Waals surface area contributed by atoms with Crippen molar-refractivity contribution in [2.45, 2.75) is 25.7 Å². The van der Waals surface area contributed by atoms with Crippen LogP contribution in [-0.4, -0.2) is 0 Å². The molecule has 0 saturated heterocycles. The van der Waals surface area contributed by atoms with Gasteiger partial charge < -0.3 is 0 Å². The quantitative estimate of drug-likeness (QED) is 0.643. The average molecular weight is 260 g/mol. The lowest BCUT2D eigenvalue weighted by Gasteiger charge is -2.18. The lowest BCUT2D eigenvalue weighted by molar-refractivity contribution is 0.965. The molecule has 2 aromatic rings. The maximum absolute atomic E-state index is 2.31. The maximum atomic E-state index is 2.31. The molecule has 0 fully saturated rings. The van der Waals surface area contributed by atoms with E-state index in [4.69, 9.17) is 0 Å². The van der Waals surface area contributed by atoms with E-state index in [0.29, 0.717) is 11.8 Å². The van der Waals surface area contributed by atoms with Crippen LogP contribution in [0.2, 0.25) is 0 Å². The Kier molecular flexibility index (Phi) is 3.56. The number of aryl methyl sites for hydroxylation is 2. The molecule has 1 aliphatic carbocycles. The summed E-state index contributed by atoms with van der Waals surface area (Å²) >= 11 is 0. The summed E-state index contributed by atoms with van der Waals surface area (Å²) in [5.41, 5.74) is 5.36. The monoisotopic (exact) mass is 260 g/mol. The second kappa shape index (κ2) is 5.50. The zero-order valence-corrected chi connectivity index (χ0v) is 12.1. The molecule has 3 rings (SSSR count). The standard InChI is InChI=1S/C20H20/c1-15-3-7-17(8-4-15)19-11-13-20(14-12-19)18-9-5-16(2)6-10-18/h3-14,19-20H,1-2H3. The second-order valence-electron chi connectivity index (χ2n) is 5.64. The van der Waals surface area contributed by atoms with Crippen LogP contribution in [0.4, 0.5) is 0 Å². The van der Waals surface area contributed by atoms with Crippen molar-refractivity contribution in [3.05, 3.63) is 95.1 Å². The van der Waals surface area contributed by atoms with Crippen molar-refractivity contribution in [2.24, 2.45) is 0 Å². The molecule has 0 aromatic heterocycles. The number of rotatable bonds is 2. The molecule has 0 N–H and O–H groups in total. The van der Waals surface area contributed by atoms with Gasteiger partial charge in [0, 0.05) is 11.8 Å². The number of allylic oxidation sites excluding steroid dienone is 4. The smallest absolute Gasteiger partial charge is 0.0199 e. The summed E-state index contributed by atoms with van der Waals surface area (Å²) in [5, 5.41) is 0. The molecule has 0 heteroatoms. The van der Waals surface area contributed by atoms with Crippen molar-refractivity contribution >= 4 is 0 Å². The predicted molar refractivity (Wildman–Crippen MR) is 86.1 cm³/mol. The molecule has 0 unspecified atom stereocenters. The van der Waals surface area contributed by atoms with E-state index in [9.17, 15) is 0 Å². The molecule has 0 heterocycles. The minimum atomic E-state index is 0.414. The van der Waals surface area contributed by atoms with Crippen LogP contribution >= 0.6 is 0 Å². The third-order valence-electron chi connectivity index (χ3n) is 3.98. The van der Waals surface area contributed by atoms with Crippen LogP contribution in [0, 0.1) is 13.8 Å². The van der Waals surface area contributed by atoms with Gasteiger partial charge >= 0.3 is 0 Å². The number of benzene rings is 2. The van der Waals surface area contributed by atoms with Crippen LogP contribution in [0.3, 0.4) is 0 Å². The first-order valence-electron chi connectivity index (χ1n) is 7.22. The van der Waals surface area contributed by atoms with Crippen LogP contribution < -0.4 is 0 Å². The lowest BCUT2D eigenvalue weighted by atomic mass is 9.87. The van der Waals surface area contributed by atoms with Gasteiger partial charge in [-0.2, -0.15) is 0 Å². The van der Waals surface area contributed by atoms with Crippen molar-refractivity contribution in [3.8, 4) is 0 Å². The van der Waals surface area contributed by atoms with Gasteiger partial charge in [0.05, 0.1) is 0 Å². The third-order valence-corrected chi connectivity index (χ3v) is 3.98. The molecule has 0 saturated carbocycles. The maximum Gasteiger partial charge on any atom is 0.0199 e. The molecular weight excluding hydrogens is 240 g/mol. The summed E-state index contributed by atoms with van der Waals surface area (Å²) in [4.78, 5) is 0. The Morgan fingerprint density at radius 1 is 0.500 bits per heavy atom. The van der Waals surface area contributed by atoms with E-state index in [-0.39, 0.29) is 0 Å². The van der Waals surface area contributed by atoms with E-state index < -0.39 is 0 Å².